The third-order valence-electron chi connectivity index (χ3n) is 2.99. The Kier molecular flexibility index (Phi) is 4.43. The van der Waals surface area contributed by atoms with E-state index in [1.807, 2.05) is 0 Å². The van der Waals surface area contributed by atoms with E-state index in [4.69, 9.17) is 0 Å². The maximum absolute atomic E-state index is 3.62. The summed E-state index contributed by atoms with van der Waals surface area (Å²) in [5, 5.41) is 3.51. The van der Waals surface area contributed by atoms with E-state index in [1.165, 1.54) is 22.4 Å². The molecule has 0 heterocycles. The fourth-order valence-corrected chi connectivity index (χ4v) is 2.93. The van der Waals surface area contributed by atoms with Gasteiger partial charge in [0.15, 0.2) is 0 Å². The maximum atomic E-state index is 3.62. The van der Waals surface area contributed by atoms with Crippen molar-refractivity contribution in [1.82, 2.24) is 0 Å². The van der Waals surface area contributed by atoms with Crippen molar-refractivity contribution in [3.63, 3.8) is 0 Å². The minimum Gasteiger partial charge on any atom is -0.384 e. The van der Waals surface area contributed by atoms with Gasteiger partial charge in [-0.05, 0) is 59.0 Å². The Balaban J connectivity index is 1.99. The second-order valence-corrected chi connectivity index (χ2v) is 5.46. The van der Waals surface area contributed by atoms with Gasteiger partial charge in [0, 0.05) is 11.0 Å². The molecule has 1 N–H and O–H groups in total. The molecule has 0 atom stereocenters. The van der Waals surface area contributed by atoms with E-state index in [0.717, 1.165) is 17.4 Å². The summed E-state index contributed by atoms with van der Waals surface area (Å²) >= 11 is 3.62. The minimum absolute atomic E-state index is 0.951. The van der Waals surface area contributed by atoms with Crippen LogP contribution >= 0.6 is 15.9 Å². The summed E-state index contributed by atoms with van der Waals surface area (Å²) in [6.07, 6.45) is 1.04. The number of hydrogen-bond acceptors (Lipinski definition) is 1. The first-order valence-corrected chi connectivity index (χ1v) is 7.00. The van der Waals surface area contributed by atoms with E-state index in [-0.39, 0.29) is 0 Å². The Hall–Kier alpha value is -1.28. The van der Waals surface area contributed by atoms with Gasteiger partial charge >= 0.3 is 0 Å². The summed E-state index contributed by atoms with van der Waals surface area (Å²) in [6.45, 7) is 5.21. The fourth-order valence-electron chi connectivity index (χ4n) is 2.12. The molecule has 0 saturated heterocycles. The second-order valence-electron chi connectivity index (χ2n) is 4.60. The quantitative estimate of drug-likeness (QED) is 0.861. The lowest BCUT2D eigenvalue weighted by Gasteiger charge is -2.12. The highest BCUT2D eigenvalue weighted by atomic mass is 79.9. The largest absolute Gasteiger partial charge is 0.384 e. The van der Waals surface area contributed by atoms with Gasteiger partial charge in [0.1, 0.15) is 0 Å². The van der Waals surface area contributed by atoms with Crippen molar-refractivity contribution < 1.29 is 0 Å². The summed E-state index contributed by atoms with van der Waals surface area (Å²) in [4.78, 5) is 0. The van der Waals surface area contributed by atoms with Crippen molar-refractivity contribution in [1.29, 1.82) is 0 Å². The van der Waals surface area contributed by atoms with Gasteiger partial charge in [0.2, 0.25) is 0 Å². The Morgan fingerprint density at radius 2 is 1.78 bits per heavy atom. The van der Waals surface area contributed by atoms with Crippen LogP contribution in [0.2, 0.25) is 0 Å². The van der Waals surface area contributed by atoms with Crippen LogP contribution in [-0.2, 0) is 6.42 Å². The smallest absolute Gasteiger partial charge is 0.0514 e. The van der Waals surface area contributed by atoms with Crippen LogP contribution < -0.4 is 5.32 Å². The number of halogens is 1. The molecule has 0 aliphatic rings. The molecular weight excluding hydrogens is 286 g/mol. The monoisotopic (exact) mass is 303 g/mol. The number of benzene rings is 2. The van der Waals surface area contributed by atoms with E-state index in [2.05, 4.69) is 77.6 Å². The molecule has 18 heavy (non-hydrogen) atoms. The van der Waals surface area contributed by atoms with Crippen LogP contribution in [0.1, 0.15) is 16.7 Å². The summed E-state index contributed by atoms with van der Waals surface area (Å²) in [7, 11) is 0. The molecule has 0 aromatic heterocycles. The van der Waals surface area contributed by atoms with Gasteiger partial charge < -0.3 is 5.32 Å². The van der Waals surface area contributed by atoms with E-state index in [1.54, 1.807) is 0 Å². The van der Waals surface area contributed by atoms with Crippen molar-refractivity contribution >= 4 is 21.6 Å². The third kappa shape index (κ3) is 3.36. The van der Waals surface area contributed by atoms with Gasteiger partial charge in [-0.2, -0.15) is 0 Å². The van der Waals surface area contributed by atoms with Crippen LogP contribution in [0.4, 0.5) is 5.69 Å². The molecule has 2 aromatic carbocycles. The zero-order valence-electron chi connectivity index (χ0n) is 10.8. The van der Waals surface area contributed by atoms with Gasteiger partial charge in [0.25, 0.3) is 0 Å². The van der Waals surface area contributed by atoms with E-state index in [9.17, 15) is 0 Å². The first-order valence-electron chi connectivity index (χ1n) is 6.21. The Morgan fingerprint density at radius 1 is 1.06 bits per heavy atom. The van der Waals surface area contributed by atoms with Crippen molar-refractivity contribution in [2.45, 2.75) is 20.3 Å². The molecule has 0 fully saturated rings. The summed E-state index contributed by atoms with van der Waals surface area (Å²) < 4.78 is 1.15. The topological polar surface area (TPSA) is 12.0 Å². The van der Waals surface area contributed by atoms with Crippen LogP contribution in [0.3, 0.4) is 0 Å². The predicted octanol–water partition coefficient (Wildman–Crippen LogP) is 4.72. The van der Waals surface area contributed by atoms with Crippen LogP contribution in [0.15, 0.2) is 46.9 Å². The predicted molar refractivity (Wildman–Crippen MR) is 82.3 cm³/mol. The fraction of sp³-hybridized carbons (Fsp3) is 0.250. The van der Waals surface area contributed by atoms with Gasteiger partial charge in [-0.15, -0.1) is 0 Å². The molecular formula is C16H18BrN. The average molecular weight is 304 g/mol. The molecule has 0 aliphatic heterocycles. The van der Waals surface area contributed by atoms with Gasteiger partial charge in [0.05, 0.1) is 5.69 Å². The molecule has 0 amide bonds. The van der Waals surface area contributed by atoms with Crippen LogP contribution in [0, 0.1) is 13.8 Å². The highest BCUT2D eigenvalue weighted by molar-refractivity contribution is 9.10. The summed E-state index contributed by atoms with van der Waals surface area (Å²) in [5.41, 5.74) is 5.14. The molecule has 94 valence electrons. The molecule has 0 radical (unpaired) electrons. The Bertz CT molecular complexity index is 497. The average Bonchev–Trinajstić information content (AvgIpc) is 2.34. The lowest BCUT2D eigenvalue weighted by Crippen LogP contribution is -2.06. The molecule has 2 aromatic rings. The minimum atomic E-state index is 0.951. The number of aryl methyl sites for hydroxylation is 2. The molecule has 2 heteroatoms. The summed E-state index contributed by atoms with van der Waals surface area (Å²) in [6, 6.07) is 14.9. The van der Waals surface area contributed by atoms with Gasteiger partial charge in [-0.25, -0.2) is 0 Å². The van der Waals surface area contributed by atoms with Crippen molar-refractivity contribution in [3.05, 3.63) is 63.6 Å². The second kappa shape index (κ2) is 6.05. The standard InChI is InChI=1S/C16H18BrN/c1-12-10-13(2)16(15(17)11-12)18-9-8-14-6-4-3-5-7-14/h3-7,10-11,18H,8-9H2,1-2H3. The third-order valence-corrected chi connectivity index (χ3v) is 3.62. The van der Waals surface area contributed by atoms with E-state index >= 15 is 0 Å². The molecule has 0 saturated carbocycles. The van der Waals surface area contributed by atoms with Crippen LogP contribution in [0.5, 0.6) is 0 Å². The van der Waals surface area contributed by atoms with Crippen molar-refractivity contribution in [2.24, 2.45) is 0 Å². The normalized spacial score (nSPS) is 10.4. The molecule has 0 bridgehead atoms. The highest BCUT2D eigenvalue weighted by Crippen LogP contribution is 2.27. The zero-order valence-corrected chi connectivity index (χ0v) is 12.4. The molecule has 0 aliphatic carbocycles. The van der Waals surface area contributed by atoms with Crippen LogP contribution in [-0.4, -0.2) is 6.54 Å². The molecule has 2 rings (SSSR count). The molecule has 0 spiro atoms. The highest BCUT2D eigenvalue weighted by Gasteiger charge is 2.04. The maximum Gasteiger partial charge on any atom is 0.0514 e. The SMILES string of the molecule is Cc1cc(C)c(NCCc2ccccc2)c(Br)c1. The zero-order chi connectivity index (χ0) is 13.0. The van der Waals surface area contributed by atoms with Crippen molar-refractivity contribution in [2.75, 3.05) is 11.9 Å². The number of rotatable bonds is 4. The Labute approximate surface area is 117 Å². The van der Waals surface area contributed by atoms with E-state index < -0.39 is 0 Å². The van der Waals surface area contributed by atoms with Gasteiger partial charge in [-0.1, -0.05) is 36.4 Å². The van der Waals surface area contributed by atoms with Crippen LogP contribution in [0.25, 0.3) is 0 Å². The lowest BCUT2D eigenvalue weighted by molar-refractivity contribution is 1.01. The lowest BCUT2D eigenvalue weighted by atomic mass is 10.1. The number of hydrogen-bond donors (Lipinski definition) is 1. The molecule has 0 unspecified atom stereocenters. The van der Waals surface area contributed by atoms with Gasteiger partial charge in [-0.3, -0.25) is 0 Å². The number of nitrogens with one attached hydrogen (secondary N) is 1. The first-order chi connectivity index (χ1) is 8.66. The first kappa shape index (κ1) is 13.2. The molecule has 1 nitrogen and oxygen atoms in total. The van der Waals surface area contributed by atoms with E-state index in [0.29, 0.717) is 0 Å². The van der Waals surface area contributed by atoms with Crippen molar-refractivity contribution in [3.8, 4) is 0 Å². The Morgan fingerprint density at radius 3 is 2.44 bits per heavy atom. The number of anilines is 1. The summed E-state index contributed by atoms with van der Waals surface area (Å²) in [5.74, 6) is 0.